The lowest BCUT2D eigenvalue weighted by atomic mass is 10.1. The molecule has 0 spiro atoms. The Morgan fingerprint density at radius 3 is 2.86 bits per heavy atom. The molecule has 0 aromatic carbocycles. The third-order valence-corrected chi connectivity index (χ3v) is 4.52. The molecule has 2 fully saturated rings. The number of rotatable bonds is 3. The van der Waals surface area contributed by atoms with Crippen molar-refractivity contribution in [2.75, 3.05) is 31.1 Å². The Labute approximate surface area is 132 Å². The summed E-state index contributed by atoms with van der Waals surface area (Å²) in [6.45, 7) is 8.28. The highest BCUT2D eigenvalue weighted by atomic mass is 16.5. The summed E-state index contributed by atoms with van der Waals surface area (Å²) in [6.07, 6.45) is 4.71. The lowest BCUT2D eigenvalue weighted by Crippen LogP contribution is -2.50. The molecule has 3 heterocycles. The highest BCUT2D eigenvalue weighted by Gasteiger charge is 2.31. The van der Waals surface area contributed by atoms with Crippen LogP contribution in [0.2, 0.25) is 0 Å². The Kier molecular flexibility index (Phi) is 4.60. The number of hydrogen-bond acceptors (Lipinski definition) is 5. The number of nitriles is 1. The van der Waals surface area contributed by atoms with Crippen molar-refractivity contribution in [3.8, 4) is 6.07 Å². The van der Waals surface area contributed by atoms with Crippen LogP contribution in [0.15, 0.2) is 18.3 Å². The minimum absolute atomic E-state index is 0.295. The molecular formula is C17H24N4O. The predicted octanol–water partition coefficient (Wildman–Crippen LogP) is 2.03. The molecule has 5 heteroatoms. The Morgan fingerprint density at radius 1 is 1.36 bits per heavy atom. The maximum absolute atomic E-state index is 9.31. The second-order valence-corrected chi connectivity index (χ2v) is 6.45. The molecule has 0 saturated carbocycles. The highest BCUT2D eigenvalue weighted by Crippen LogP contribution is 2.27. The minimum atomic E-state index is 0.295. The minimum Gasteiger partial charge on any atom is -0.373 e. The third-order valence-electron chi connectivity index (χ3n) is 4.52. The van der Waals surface area contributed by atoms with Crippen molar-refractivity contribution < 1.29 is 4.74 Å². The topological polar surface area (TPSA) is 52.4 Å². The summed E-state index contributed by atoms with van der Waals surface area (Å²) < 4.78 is 5.82. The van der Waals surface area contributed by atoms with Crippen LogP contribution in [0, 0.1) is 11.3 Å². The second kappa shape index (κ2) is 6.64. The number of anilines is 1. The van der Waals surface area contributed by atoms with Gasteiger partial charge in [-0.2, -0.15) is 5.26 Å². The average molecular weight is 300 g/mol. The molecule has 2 saturated heterocycles. The Bertz CT molecular complexity index is 546. The van der Waals surface area contributed by atoms with Crippen molar-refractivity contribution in [3.63, 3.8) is 0 Å². The first-order valence-electron chi connectivity index (χ1n) is 8.17. The molecule has 0 aliphatic carbocycles. The molecule has 3 atom stereocenters. The number of hydrogen-bond donors (Lipinski definition) is 0. The molecule has 118 valence electrons. The van der Waals surface area contributed by atoms with Gasteiger partial charge >= 0.3 is 0 Å². The quantitative estimate of drug-likeness (QED) is 0.855. The van der Waals surface area contributed by atoms with E-state index >= 15 is 0 Å². The van der Waals surface area contributed by atoms with E-state index in [0.717, 1.165) is 32.0 Å². The summed E-state index contributed by atoms with van der Waals surface area (Å²) >= 11 is 0. The largest absolute Gasteiger partial charge is 0.373 e. The van der Waals surface area contributed by atoms with E-state index in [9.17, 15) is 5.26 Å². The molecule has 2 aliphatic heterocycles. The van der Waals surface area contributed by atoms with Gasteiger partial charge in [0.15, 0.2) is 0 Å². The van der Waals surface area contributed by atoms with Crippen LogP contribution in [0.1, 0.15) is 32.3 Å². The smallest absolute Gasteiger partial charge is 0.146 e. The zero-order valence-electron chi connectivity index (χ0n) is 13.4. The molecule has 5 nitrogen and oxygen atoms in total. The molecule has 22 heavy (non-hydrogen) atoms. The molecule has 0 unspecified atom stereocenters. The molecular weight excluding hydrogens is 276 g/mol. The van der Waals surface area contributed by atoms with Crippen LogP contribution in [0.25, 0.3) is 0 Å². The van der Waals surface area contributed by atoms with Crippen LogP contribution in [-0.2, 0) is 4.74 Å². The van der Waals surface area contributed by atoms with Crippen LogP contribution in [-0.4, -0.2) is 54.3 Å². The number of pyridine rings is 1. The summed E-state index contributed by atoms with van der Waals surface area (Å²) in [7, 11) is 0. The summed E-state index contributed by atoms with van der Waals surface area (Å²) in [4.78, 5) is 9.28. The summed E-state index contributed by atoms with van der Waals surface area (Å²) in [6, 6.07) is 6.41. The van der Waals surface area contributed by atoms with E-state index < -0.39 is 0 Å². The van der Waals surface area contributed by atoms with Crippen molar-refractivity contribution in [1.82, 2.24) is 9.88 Å². The van der Waals surface area contributed by atoms with Gasteiger partial charge in [0.25, 0.3) is 0 Å². The first-order chi connectivity index (χ1) is 10.7. The van der Waals surface area contributed by atoms with E-state index in [-0.39, 0.29) is 0 Å². The van der Waals surface area contributed by atoms with Crippen molar-refractivity contribution >= 4 is 5.82 Å². The van der Waals surface area contributed by atoms with Crippen LogP contribution in [0.4, 0.5) is 5.82 Å². The molecule has 0 amide bonds. The van der Waals surface area contributed by atoms with E-state index in [4.69, 9.17) is 4.74 Å². The van der Waals surface area contributed by atoms with Gasteiger partial charge in [0, 0.05) is 38.4 Å². The molecule has 1 aromatic heterocycles. The maximum atomic E-state index is 9.31. The van der Waals surface area contributed by atoms with E-state index in [1.807, 2.05) is 12.1 Å². The lowest BCUT2D eigenvalue weighted by molar-refractivity contribution is -0.0689. The van der Waals surface area contributed by atoms with E-state index in [2.05, 4.69) is 34.7 Å². The van der Waals surface area contributed by atoms with Crippen molar-refractivity contribution in [2.24, 2.45) is 0 Å². The van der Waals surface area contributed by atoms with Crippen LogP contribution in [0.5, 0.6) is 0 Å². The molecule has 2 aliphatic rings. The fourth-order valence-corrected chi connectivity index (χ4v) is 3.75. The average Bonchev–Trinajstić information content (AvgIpc) is 2.94. The van der Waals surface area contributed by atoms with Crippen LogP contribution >= 0.6 is 0 Å². The molecule has 3 rings (SSSR count). The Morgan fingerprint density at radius 2 is 2.14 bits per heavy atom. The van der Waals surface area contributed by atoms with Crippen molar-refractivity contribution in [1.29, 1.82) is 5.26 Å². The highest BCUT2D eigenvalue weighted by molar-refractivity contribution is 5.54. The molecule has 0 N–H and O–H groups in total. The molecule has 1 aromatic rings. The zero-order valence-corrected chi connectivity index (χ0v) is 13.4. The van der Waals surface area contributed by atoms with Gasteiger partial charge in [-0.05, 0) is 38.8 Å². The summed E-state index contributed by atoms with van der Waals surface area (Å²) in [5, 5.41) is 9.31. The number of aromatic nitrogens is 1. The first-order valence-corrected chi connectivity index (χ1v) is 8.17. The third kappa shape index (κ3) is 3.23. The molecule has 0 bridgehead atoms. The van der Waals surface area contributed by atoms with Gasteiger partial charge in [-0.1, -0.05) is 0 Å². The van der Waals surface area contributed by atoms with E-state index in [1.165, 1.54) is 12.8 Å². The lowest BCUT2D eigenvalue weighted by Gasteiger charge is -2.38. The second-order valence-electron chi connectivity index (χ2n) is 6.45. The number of ether oxygens (including phenoxy) is 1. The fraction of sp³-hybridized carbons (Fsp3) is 0.647. The maximum Gasteiger partial charge on any atom is 0.146 e. The first kappa shape index (κ1) is 15.3. The van der Waals surface area contributed by atoms with Gasteiger partial charge in [0.1, 0.15) is 11.9 Å². The monoisotopic (exact) mass is 300 g/mol. The SMILES string of the molecule is C[C@@H]1CN(C[C@H]2CCCN2c2ncccc2C#N)C[C@@H](C)O1. The van der Waals surface area contributed by atoms with E-state index in [1.54, 1.807) is 6.20 Å². The van der Waals surface area contributed by atoms with Gasteiger partial charge in [-0.3, -0.25) is 4.90 Å². The standard InChI is InChI=1S/C17H24N4O/c1-13-10-20(11-14(2)22-13)12-16-6-4-8-21(16)17-15(9-18)5-3-7-19-17/h3,5,7,13-14,16H,4,6,8,10-12H2,1-2H3/t13-,14-,16-/m1/s1. The summed E-state index contributed by atoms with van der Waals surface area (Å²) in [5.74, 6) is 0.849. The van der Waals surface area contributed by atoms with Gasteiger partial charge in [0.05, 0.1) is 17.8 Å². The van der Waals surface area contributed by atoms with Gasteiger partial charge in [-0.15, -0.1) is 0 Å². The van der Waals surface area contributed by atoms with Gasteiger partial charge in [-0.25, -0.2) is 4.98 Å². The van der Waals surface area contributed by atoms with Crippen molar-refractivity contribution in [2.45, 2.75) is 44.9 Å². The number of nitrogens with zero attached hydrogens (tertiary/aromatic N) is 4. The van der Waals surface area contributed by atoms with Gasteiger partial charge in [0.2, 0.25) is 0 Å². The van der Waals surface area contributed by atoms with Crippen LogP contribution < -0.4 is 4.90 Å². The Hall–Kier alpha value is -1.64. The van der Waals surface area contributed by atoms with E-state index in [0.29, 0.717) is 23.8 Å². The van der Waals surface area contributed by atoms with Gasteiger partial charge < -0.3 is 9.64 Å². The van der Waals surface area contributed by atoms with Crippen molar-refractivity contribution in [3.05, 3.63) is 23.9 Å². The number of morpholine rings is 1. The Balaban J connectivity index is 1.72. The predicted molar refractivity (Wildman–Crippen MR) is 85.8 cm³/mol. The zero-order chi connectivity index (χ0) is 15.5. The molecule has 0 radical (unpaired) electrons. The normalized spacial score (nSPS) is 29.5. The van der Waals surface area contributed by atoms with Crippen LogP contribution in [0.3, 0.4) is 0 Å². The fourth-order valence-electron chi connectivity index (χ4n) is 3.75. The summed E-state index contributed by atoms with van der Waals surface area (Å²) in [5.41, 5.74) is 0.679.